The first-order valence-electron chi connectivity index (χ1n) is 9.88. The molecule has 5 heteroatoms. The highest BCUT2D eigenvalue weighted by atomic mass is 16.5. The van der Waals surface area contributed by atoms with Crippen LogP contribution < -0.4 is 23.7 Å². The number of benzene rings is 3. The van der Waals surface area contributed by atoms with Gasteiger partial charge < -0.3 is 23.7 Å². The molecule has 4 rings (SSSR count). The Morgan fingerprint density at radius 1 is 0.733 bits per heavy atom. The molecule has 5 nitrogen and oxygen atoms in total. The molecule has 0 spiro atoms. The van der Waals surface area contributed by atoms with Gasteiger partial charge in [0.2, 0.25) is 5.75 Å². The van der Waals surface area contributed by atoms with Crippen LogP contribution in [0.4, 0.5) is 0 Å². The van der Waals surface area contributed by atoms with Gasteiger partial charge in [-0.05, 0) is 29.7 Å². The molecule has 2 atom stereocenters. The average molecular weight is 406 g/mol. The highest BCUT2D eigenvalue weighted by Crippen LogP contribution is 2.55. The Kier molecular flexibility index (Phi) is 5.70. The predicted octanol–water partition coefficient (Wildman–Crippen LogP) is 5.38. The molecule has 0 saturated carbocycles. The van der Waals surface area contributed by atoms with E-state index in [-0.39, 0.29) is 12.0 Å². The lowest BCUT2D eigenvalue weighted by Gasteiger charge is -2.34. The zero-order valence-electron chi connectivity index (χ0n) is 17.7. The average Bonchev–Trinajstić information content (AvgIpc) is 2.82. The summed E-state index contributed by atoms with van der Waals surface area (Å²) >= 11 is 0. The molecule has 3 aromatic carbocycles. The molecule has 0 fully saturated rings. The van der Waals surface area contributed by atoms with Crippen LogP contribution in [-0.4, -0.2) is 28.4 Å². The van der Waals surface area contributed by atoms with Crippen LogP contribution in [0, 0.1) is 0 Å². The summed E-state index contributed by atoms with van der Waals surface area (Å²) in [6, 6.07) is 20.3. The Labute approximate surface area is 177 Å². The zero-order valence-corrected chi connectivity index (χ0v) is 17.7. The van der Waals surface area contributed by atoms with Crippen LogP contribution in [0.3, 0.4) is 0 Å². The number of rotatable bonds is 6. The summed E-state index contributed by atoms with van der Waals surface area (Å²) in [4.78, 5) is 0. The molecular weight excluding hydrogens is 380 g/mol. The summed E-state index contributed by atoms with van der Waals surface area (Å²) < 4.78 is 28.8. The highest BCUT2D eigenvalue weighted by Gasteiger charge is 2.36. The van der Waals surface area contributed by atoms with Crippen molar-refractivity contribution in [2.75, 3.05) is 28.4 Å². The Bertz CT molecular complexity index is 998. The third-order valence-electron chi connectivity index (χ3n) is 5.59. The van der Waals surface area contributed by atoms with Crippen molar-refractivity contribution < 1.29 is 23.7 Å². The maximum absolute atomic E-state index is 6.46. The van der Waals surface area contributed by atoms with Crippen molar-refractivity contribution in [3.8, 4) is 28.7 Å². The maximum Gasteiger partial charge on any atom is 0.203 e. The Balaban J connectivity index is 1.89. The third kappa shape index (κ3) is 3.52. The first kappa shape index (κ1) is 20.0. The van der Waals surface area contributed by atoms with Gasteiger partial charge in [-0.2, -0.15) is 0 Å². The van der Waals surface area contributed by atoms with Crippen LogP contribution in [0.2, 0.25) is 0 Å². The van der Waals surface area contributed by atoms with Crippen molar-refractivity contribution in [1.29, 1.82) is 0 Å². The van der Waals surface area contributed by atoms with E-state index in [0.29, 0.717) is 17.2 Å². The van der Waals surface area contributed by atoms with Gasteiger partial charge in [-0.25, -0.2) is 0 Å². The lowest BCUT2D eigenvalue weighted by Crippen LogP contribution is -2.21. The number of hydrogen-bond acceptors (Lipinski definition) is 5. The summed E-state index contributed by atoms with van der Waals surface area (Å²) in [6.45, 7) is 0. The highest BCUT2D eigenvalue weighted by molar-refractivity contribution is 5.65. The number of fused-ring (bicyclic) bond motifs is 1. The van der Waals surface area contributed by atoms with Crippen molar-refractivity contribution in [1.82, 2.24) is 0 Å². The number of hydrogen-bond donors (Lipinski definition) is 0. The summed E-state index contributed by atoms with van der Waals surface area (Å²) in [5, 5.41) is 0. The fourth-order valence-corrected chi connectivity index (χ4v) is 4.13. The summed E-state index contributed by atoms with van der Waals surface area (Å²) in [5.41, 5.74) is 3.26. The molecule has 1 aliphatic rings. The van der Waals surface area contributed by atoms with E-state index in [9.17, 15) is 0 Å². The van der Waals surface area contributed by atoms with Gasteiger partial charge >= 0.3 is 0 Å². The third-order valence-corrected chi connectivity index (χ3v) is 5.59. The van der Waals surface area contributed by atoms with Crippen molar-refractivity contribution in [3.63, 3.8) is 0 Å². The van der Waals surface area contributed by atoms with E-state index in [1.165, 1.54) is 0 Å². The van der Waals surface area contributed by atoms with E-state index in [0.717, 1.165) is 34.6 Å². The van der Waals surface area contributed by atoms with Crippen LogP contribution in [0.15, 0.2) is 60.7 Å². The SMILES string of the molecule is COc1ccc([C@H]2C[C@@H](c3ccccc3)Oc3cc(OC)c(OC)c(OC)c32)cc1. The van der Waals surface area contributed by atoms with Gasteiger partial charge in [-0.15, -0.1) is 0 Å². The molecule has 1 aliphatic heterocycles. The molecule has 156 valence electrons. The largest absolute Gasteiger partial charge is 0.497 e. The normalized spacial score (nSPS) is 17.5. The molecule has 0 N–H and O–H groups in total. The second-order valence-electron chi connectivity index (χ2n) is 7.14. The van der Waals surface area contributed by atoms with Gasteiger partial charge in [-0.1, -0.05) is 42.5 Å². The molecule has 0 saturated heterocycles. The Hall–Kier alpha value is -3.34. The standard InChI is InChI=1S/C25H26O5/c1-26-18-12-10-16(11-13-18)19-14-20(17-8-6-5-7-9-17)30-21-15-22(27-2)24(28-3)25(29-4)23(19)21/h5-13,15,19-20H,14H2,1-4H3/t19-,20+/m1/s1. The van der Waals surface area contributed by atoms with Crippen LogP contribution in [0.1, 0.15) is 35.1 Å². The Morgan fingerprint density at radius 2 is 1.43 bits per heavy atom. The van der Waals surface area contributed by atoms with Crippen LogP contribution in [0.25, 0.3) is 0 Å². The first-order valence-corrected chi connectivity index (χ1v) is 9.88. The molecule has 1 heterocycles. The molecular formula is C25H26O5. The van der Waals surface area contributed by atoms with Gasteiger partial charge in [0.15, 0.2) is 11.5 Å². The molecule has 0 amide bonds. The smallest absolute Gasteiger partial charge is 0.203 e. The van der Waals surface area contributed by atoms with E-state index in [1.807, 2.05) is 36.4 Å². The fraction of sp³-hybridized carbons (Fsp3) is 0.280. The zero-order chi connectivity index (χ0) is 21.1. The lowest BCUT2D eigenvalue weighted by molar-refractivity contribution is 0.163. The molecule has 0 bridgehead atoms. The van der Waals surface area contributed by atoms with Gasteiger partial charge in [0.1, 0.15) is 17.6 Å². The molecule has 3 aromatic rings. The van der Waals surface area contributed by atoms with E-state index in [2.05, 4.69) is 24.3 Å². The van der Waals surface area contributed by atoms with Gasteiger partial charge in [0.05, 0.1) is 28.4 Å². The molecule has 0 unspecified atom stereocenters. The van der Waals surface area contributed by atoms with Gasteiger partial charge in [-0.3, -0.25) is 0 Å². The topological polar surface area (TPSA) is 46.2 Å². The first-order chi connectivity index (χ1) is 14.7. The summed E-state index contributed by atoms with van der Waals surface area (Å²) in [6.07, 6.45) is 0.684. The predicted molar refractivity (Wildman–Crippen MR) is 115 cm³/mol. The minimum absolute atomic E-state index is 0.0552. The second kappa shape index (κ2) is 8.57. The lowest BCUT2D eigenvalue weighted by atomic mass is 9.81. The minimum atomic E-state index is -0.0893. The van der Waals surface area contributed by atoms with Crippen molar-refractivity contribution in [3.05, 3.63) is 77.4 Å². The summed E-state index contributed by atoms with van der Waals surface area (Å²) in [5.74, 6) is 3.41. The second-order valence-corrected chi connectivity index (χ2v) is 7.14. The Morgan fingerprint density at radius 3 is 2.03 bits per heavy atom. The van der Waals surface area contributed by atoms with Crippen LogP contribution >= 0.6 is 0 Å². The van der Waals surface area contributed by atoms with Crippen molar-refractivity contribution in [2.45, 2.75) is 18.4 Å². The van der Waals surface area contributed by atoms with Crippen LogP contribution in [-0.2, 0) is 0 Å². The van der Waals surface area contributed by atoms with E-state index < -0.39 is 0 Å². The van der Waals surface area contributed by atoms with Gasteiger partial charge in [0.25, 0.3) is 0 Å². The molecule has 0 aliphatic carbocycles. The quantitative estimate of drug-likeness (QED) is 0.550. The minimum Gasteiger partial charge on any atom is -0.497 e. The summed E-state index contributed by atoms with van der Waals surface area (Å²) in [7, 11) is 6.55. The molecule has 0 radical (unpaired) electrons. The molecule has 0 aromatic heterocycles. The number of methoxy groups -OCH3 is 4. The maximum atomic E-state index is 6.46. The van der Waals surface area contributed by atoms with Crippen molar-refractivity contribution in [2.24, 2.45) is 0 Å². The number of ether oxygens (including phenoxy) is 5. The van der Waals surface area contributed by atoms with Crippen molar-refractivity contribution >= 4 is 0 Å². The van der Waals surface area contributed by atoms with Gasteiger partial charge in [0, 0.05) is 17.5 Å². The monoisotopic (exact) mass is 406 g/mol. The molecule has 30 heavy (non-hydrogen) atoms. The van der Waals surface area contributed by atoms with E-state index in [4.69, 9.17) is 23.7 Å². The van der Waals surface area contributed by atoms with E-state index in [1.54, 1.807) is 28.4 Å². The fourth-order valence-electron chi connectivity index (χ4n) is 4.13. The van der Waals surface area contributed by atoms with E-state index >= 15 is 0 Å². The van der Waals surface area contributed by atoms with Crippen LogP contribution in [0.5, 0.6) is 28.7 Å².